The molecular formula is C41H52F12N6O. The number of benzene rings is 3. The summed E-state index contributed by atoms with van der Waals surface area (Å²) in [5, 5.41) is 0. The molecule has 3 heterocycles. The van der Waals surface area contributed by atoms with E-state index in [0.717, 1.165) is 44.3 Å². The van der Waals surface area contributed by atoms with Crippen LogP contribution in [0.15, 0.2) is 54.6 Å². The number of hydrogen-bond donors (Lipinski definition) is 0. The second kappa shape index (κ2) is 21.7. The van der Waals surface area contributed by atoms with Crippen LogP contribution >= 0.6 is 0 Å². The molecular weight excluding hydrogens is 820 g/mol. The van der Waals surface area contributed by atoms with Crippen LogP contribution in [0, 0.1) is 17.5 Å². The normalized spacial score (nSPS) is 17.6. The maximum absolute atomic E-state index is 13.6. The smallest absolute Gasteiger partial charge is 0.383 e. The van der Waals surface area contributed by atoms with Crippen LogP contribution in [0.4, 0.5) is 69.7 Å². The molecule has 0 saturated carbocycles. The lowest BCUT2D eigenvalue weighted by Crippen LogP contribution is -2.47. The zero-order chi connectivity index (χ0) is 44.3. The summed E-state index contributed by atoms with van der Waals surface area (Å²) in [6.07, 6.45) is -13.0. The molecule has 0 bridgehead atoms. The number of alkyl halides is 9. The van der Waals surface area contributed by atoms with Crippen LogP contribution in [0.2, 0.25) is 0 Å². The van der Waals surface area contributed by atoms with Gasteiger partial charge in [-0.05, 0) is 55.9 Å². The number of ether oxygens (including phenoxy) is 1. The van der Waals surface area contributed by atoms with Gasteiger partial charge in [0.15, 0.2) is 0 Å². The van der Waals surface area contributed by atoms with E-state index < -0.39 is 52.7 Å². The Labute approximate surface area is 343 Å². The Kier molecular flexibility index (Phi) is 17.6. The average Bonchev–Trinajstić information content (AvgIpc) is 3.19. The number of rotatable bonds is 9. The fourth-order valence-electron chi connectivity index (χ4n) is 7.44. The fraction of sp³-hybridized carbons (Fsp3) is 0.561. The molecule has 60 heavy (non-hydrogen) atoms. The second-order valence-electron chi connectivity index (χ2n) is 14.5. The summed E-state index contributed by atoms with van der Waals surface area (Å²) in [5.41, 5.74) is -3.65. The van der Waals surface area contributed by atoms with Crippen LogP contribution in [-0.2, 0) is 23.3 Å². The third kappa shape index (κ3) is 13.3. The quantitative estimate of drug-likeness (QED) is 0.199. The first kappa shape index (κ1) is 48.7. The molecule has 0 aromatic heterocycles. The molecule has 6 rings (SSSR count). The molecule has 0 radical (unpaired) electrons. The first-order valence-electron chi connectivity index (χ1n) is 19.8. The number of likely N-dealkylation sites (N-methyl/N-ethyl adjacent to an activating group) is 1. The Morgan fingerprint density at radius 1 is 0.450 bits per heavy atom. The van der Waals surface area contributed by atoms with Crippen LogP contribution in [0.1, 0.15) is 37.0 Å². The molecule has 0 N–H and O–H groups in total. The fourth-order valence-corrected chi connectivity index (χ4v) is 7.44. The Bertz CT molecular complexity index is 1770. The topological polar surface area (TPSA) is 28.7 Å². The minimum Gasteiger partial charge on any atom is -0.383 e. The van der Waals surface area contributed by atoms with Crippen molar-refractivity contribution in [3.8, 4) is 0 Å². The largest absolute Gasteiger partial charge is 0.421 e. The molecule has 3 aromatic carbocycles. The van der Waals surface area contributed by atoms with Crippen molar-refractivity contribution in [3.05, 3.63) is 88.7 Å². The highest BCUT2D eigenvalue weighted by Gasteiger charge is 2.41. The molecule has 0 amide bonds. The molecule has 7 nitrogen and oxygen atoms in total. The molecule has 0 unspecified atom stereocenters. The van der Waals surface area contributed by atoms with Crippen molar-refractivity contribution in [2.45, 2.75) is 38.8 Å². The van der Waals surface area contributed by atoms with Crippen LogP contribution in [0.5, 0.6) is 0 Å². The Balaban J connectivity index is 0.000000199. The highest BCUT2D eigenvalue weighted by molar-refractivity contribution is 5.58. The predicted octanol–water partition coefficient (Wildman–Crippen LogP) is 8.98. The number of nitrogens with zero attached hydrogens (tertiary/aromatic N) is 6. The van der Waals surface area contributed by atoms with Crippen molar-refractivity contribution in [2.24, 2.45) is 0 Å². The molecule has 0 spiro atoms. The van der Waals surface area contributed by atoms with Gasteiger partial charge in [0.1, 0.15) is 34.1 Å². The minimum absolute atomic E-state index is 0.0475. The Morgan fingerprint density at radius 3 is 1.02 bits per heavy atom. The monoisotopic (exact) mass is 872 g/mol. The van der Waals surface area contributed by atoms with Gasteiger partial charge < -0.3 is 24.3 Å². The van der Waals surface area contributed by atoms with E-state index in [-0.39, 0.29) is 17.1 Å². The van der Waals surface area contributed by atoms with Crippen molar-refractivity contribution in [3.63, 3.8) is 0 Å². The van der Waals surface area contributed by atoms with Crippen molar-refractivity contribution in [1.29, 1.82) is 0 Å². The average molecular weight is 873 g/mol. The second-order valence-corrected chi connectivity index (χ2v) is 14.5. The molecule has 3 aliphatic rings. The van der Waals surface area contributed by atoms with Gasteiger partial charge in [-0.2, -0.15) is 39.5 Å². The highest BCUT2D eigenvalue weighted by atomic mass is 19.4. The van der Waals surface area contributed by atoms with E-state index in [2.05, 4.69) is 21.6 Å². The lowest BCUT2D eigenvalue weighted by molar-refractivity contribution is -0.140. The van der Waals surface area contributed by atoms with Gasteiger partial charge in [-0.3, -0.25) is 9.80 Å². The summed E-state index contributed by atoms with van der Waals surface area (Å²) in [7, 11) is 1.61. The first-order valence-corrected chi connectivity index (χ1v) is 19.8. The number of halogens is 12. The van der Waals surface area contributed by atoms with Gasteiger partial charge >= 0.3 is 18.5 Å². The van der Waals surface area contributed by atoms with Crippen LogP contribution in [0.25, 0.3) is 0 Å². The molecule has 0 atom stereocenters. The van der Waals surface area contributed by atoms with Gasteiger partial charge in [0.05, 0.1) is 23.7 Å². The molecule has 3 saturated heterocycles. The van der Waals surface area contributed by atoms with Crippen molar-refractivity contribution < 1.29 is 57.4 Å². The zero-order valence-electron chi connectivity index (χ0n) is 33.8. The number of anilines is 3. The van der Waals surface area contributed by atoms with Gasteiger partial charge in [0.25, 0.3) is 0 Å². The van der Waals surface area contributed by atoms with Gasteiger partial charge in [0.2, 0.25) is 0 Å². The molecule has 3 aliphatic heterocycles. The number of hydrogen-bond acceptors (Lipinski definition) is 7. The minimum atomic E-state index is -4.69. The van der Waals surface area contributed by atoms with Crippen molar-refractivity contribution >= 4 is 17.1 Å². The van der Waals surface area contributed by atoms with Crippen molar-refractivity contribution in [2.75, 3.05) is 127 Å². The van der Waals surface area contributed by atoms with Crippen molar-refractivity contribution in [1.82, 2.24) is 14.7 Å². The maximum atomic E-state index is 13.6. The summed E-state index contributed by atoms with van der Waals surface area (Å²) >= 11 is 0. The predicted molar refractivity (Wildman–Crippen MR) is 208 cm³/mol. The van der Waals surface area contributed by atoms with Gasteiger partial charge in [-0.15, -0.1) is 0 Å². The lowest BCUT2D eigenvalue weighted by Gasteiger charge is -2.37. The zero-order valence-corrected chi connectivity index (χ0v) is 33.8. The third-order valence-electron chi connectivity index (χ3n) is 10.6. The van der Waals surface area contributed by atoms with E-state index in [4.69, 9.17) is 4.74 Å². The molecule has 3 aromatic rings. The summed E-state index contributed by atoms with van der Waals surface area (Å²) < 4.78 is 162. The van der Waals surface area contributed by atoms with Crippen LogP contribution in [-0.4, -0.2) is 127 Å². The molecule has 0 aliphatic carbocycles. The van der Waals surface area contributed by atoms with E-state index in [0.29, 0.717) is 85.1 Å². The standard InChI is InChI=1S/C14H18F4N2O.C14H18F4N2.C13H16F4N2/c1-21-10-9-19-5-7-20(8-6-19)12-4-2-3-11(15)13(12)14(16,17)18;1-2-6-19-7-9-20(10-8-19)12-5-3-4-11(15)13(12)14(16,17)18;1-2-18-6-8-19(9-7-18)11-5-3-4-10(14)12(11)13(15,16)17/h2-4H,5-10H2,1H3;3-5H,2,6-10H2,1H3;3-5H,2,6-9H2,1H3. The van der Waals surface area contributed by atoms with E-state index >= 15 is 0 Å². The first-order chi connectivity index (χ1) is 28.3. The van der Waals surface area contributed by atoms with E-state index in [9.17, 15) is 52.7 Å². The van der Waals surface area contributed by atoms with Gasteiger partial charge in [-0.25, -0.2) is 13.2 Å². The van der Waals surface area contributed by atoms with Crippen LogP contribution < -0.4 is 14.7 Å². The SMILES string of the molecule is CCCN1CCN(c2cccc(F)c2C(F)(F)F)CC1.CCN1CCN(c2cccc(F)c2C(F)(F)F)CC1.COCCN1CCN(c2cccc(F)c2C(F)(F)F)CC1. The number of piperazine rings is 3. The van der Waals surface area contributed by atoms with E-state index in [1.807, 2.05) is 6.92 Å². The number of methoxy groups -OCH3 is 1. The summed E-state index contributed by atoms with van der Waals surface area (Å²) in [5.74, 6) is -3.63. The Hall–Kier alpha value is -3.94. The van der Waals surface area contributed by atoms with E-state index in [1.165, 1.54) is 36.4 Å². The molecule has 3 fully saturated rings. The third-order valence-corrected chi connectivity index (χ3v) is 10.6. The molecule has 19 heteroatoms. The Morgan fingerprint density at radius 2 is 0.750 bits per heavy atom. The van der Waals surface area contributed by atoms with E-state index in [1.54, 1.807) is 21.8 Å². The molecule has 336 valence electrons. The van der Waals surface area contributed by atoms with Crippen LogP contribution in [0.3, 0.4) is 0 Å². The van der Waals surface area contributed by atoms with Gasteiger partial charge in [0, 0.05) is 92.2 Å². The maximum Gasteiger partial charge on any atom is 0.421 e. The summed E-state index contributed by atoms with van der Waals surface area (Å²) in [6.45, 7) is 14.2. The summed E-state index contributed by atoms with van der Waals surface area (Å²) in [4.78, 5) is 11.3. The summed E-state index contributed by atoms with van der Waals surface area (Å²) in [6, 6.07) is 10.6. The lowest BCUT2D eigenvalue weighted by atomic mass is 10.1. The highest BCUT2D eigenvalue weighted by Crippen LogP contribution is 2.41. The van der Waals surface area contributed by atoms with Gasteiger partial charge in [-0.1, -0.05) is 32.0 Å².